The van der Waals surface area contributed by atoms with E-state index in [2.05, 4.69) is 13.8 Å². The fourth-order valence-electron chi connectivity index (χ4n) is 7.40. The summed E-state index contributed by atoms with van der Waals surface area (Å²) < 4.78 is 0. The van der Waals surface area contributed by atoms with E-state index in [4.69, 9.17) is 4.89 Å². The number of hydrogen-bond acceptors (Lipinski definition) is 4. The second-order valence-electron chi connectivity index (χ2n) is 9.42. The highest BCUT2D eigenvalue weighted by Crippen LogP contribution is 2.66. The minimum atomic E-state index is -0.429. The zero-order valence-corrected chi connectivity index (χ0v) is 15.6. The van der Waals surface area contributed by atoms with E-state index in [1.165, 1.54) is 5.57 Å². The van der Waals surface area contributed by atoms with Gasteiger partial charge in [0.1, 0.15) is 11.9 Å². The Morgan fingerprint density at radius 3 is 2.64 bits per heavy atom. The SMILES string of the molecule is CC(=O)[C@H]1CC[C@H]2[C@@H]3CCC4=CC(=O)CC(OO)[C@]4(C)[C@H]3CC[C@]12C. The predicted molar refractivity (Wildman–Crippen MR) is 93.8 cm³/mol. The van der Waals surface area contributed by atoms with Crippen molar-refractivity contribution in [3.8, 4) is 0 Å². The molecule has 0 aliphatic heterocycles. The van der Waals surface area contributed by atoms with Crippen molar-refractivity contribution in [1.82, 2.24) is 0 Å². The van der Waals surface area contributed by atoms with Crippen molar-refractivity contribution in [3.05, 3.63) is 11.6 Å². The van der Waals surface area contributed by atoms with Gasteiger partial charge in [0.2, 0.25) is 0 Å². The van der Waals surface area contributed by atoms with Crippen molar-refractivity contribution in [2.24, 2.45) is 34.5 Å². The summed E-state index contributed by atoms with van der Waals surface area (Å²) in [7, 11) is 0. The van der Waals surface area contributed by atoms with Crippen molar-refractivity contribution in [2.45, 2.75) is 71.8 Å². The highest BCUT2D eigenvalue weighted by Gasteiger charge is 2.61. The number of Topliss-reactive ketones (excluding diaryl/α,β-unsaturated/α-hetero) is 1. The van der Waals surface area contributed by atoms with Crippen molar-refractivity contribution < 1.29 is 19.7 Å². The van der Waals surface area contributed by atoms with Crippen molar-refractivity contribution in [2.75, 3.05) is 0 Å². The van der Waals surface area contributed by atoms with E-state index >= 15 is 0 Å². The quantitative estimate of drug-likeness (QED) is 0.601. The van der Waals surface area contributed by atoms with E-state index in [0.717, 1.165) is 38.5 Å². The fourth-order valence-corrected chi connectivity index (χ4v) is 7.40. The molecule has 4 rings (SSSR count). The molecule has 4 aliphatic carbocycles. The van der Waals surface area contributed by atoms with Crippen molar-refractivity contribution in [1.29, 1.82) is 0 Å². The Morgan fingerprint density at radius 1 is 1.20 bits per heavy atom. The first-order chi connectivity index (χ1) is 11.8. The normalized spacial score (nSPS) is 49.0. The molecule has 25 heavy (non-hydrogen) atoms. The zero-order chi connectivity index (χ0) is 18.0. The van der Waals surface area contributed by atoms with Crippen LogP contribution in [-0.4, -0.2) is 22.9 Å². The molecule has 0 bridgehead atoms. The average molecular weight is 346 g/mol. The van der Waals surface area contributed by atoms with Gasteiger partial charge in [0, 0.05) is 17.8 Å². The molecule has 7 atom stereocenters. The minimum absolute atomic E-state index is 0.0723. The summed E-state index contributed by atoms with van der Waals surface area (Å²) in [6.45, 7) is 6.30. The molecular weight excluding hydrogens is 316 g/mol. The van der Waals surface area contributed by atoms with Crippen LogP contribution in [0.1, 0.15) is 65.7 Å². The second-order valence-corrected chi connectivity index (χ2v) is 9.42. The summed E-state index contributed by atoms with van der Waals surface area (Å²) in [6, 6.07) is 0. The van der Waals surface area contributed by atoms with E-state index in [1.54, 1.807) is 6.92 Å². The van der Waals surface area contributed by atoms with Gasteiger partial charge >= 0.3 is 0 Å². The molecule has 138 valence electrons. The molecule has 0 aromatic carbocycles. The number of hydrogen-bond donors (Lipinski definition) is 1. The van der Waals surface area contributed by atoms with Gasteiger partial charge in [0.05, 0.1) is 0 Å². The van der Waals surface area contributed by atoms with Crippen LogP contribution >= 0.6 is 0 Å². The average Bonchev–Trinajstić information content (AvgIpc) is 2.92. The Labute approximate surface area is 149 Å². The molecule has 3 saturated carbocycles. The Hall–Kier alpha value is -1.00. The maximum absolute atomic E-state index is 12.2. The molecule has 0 amide bonds. The third-order valence-electron chi connectivity index (χ3n) is 8.65. The smallest absolute Gasteiger partial charge is 0.158 e. The molecule has 4 aliphatic rings. The topological polar surface area (TPSA) is 63.6 Å². The second kappa shape index (κ2) is 5.75. The Kier molecular flexibility index (Phi) is 4.01. The van der Waals surface area contributed by atoms with Crippen LogP contribution in [0, 0.1) is 34.5 Å². The van der Waals surface area contributed by atoms with Crippen LogP contribution in [0.4, 0.5) is 0 Å². The molecule has 4 nitrogen and oxygen atoms in total. The number of fused-ring (bicyclic) bond motifs is 5. The third kappa shape index (κ3) is 2.26. The third-order valence-corrected chi connectivity index (χ3v) is 8.65. The van der Waals surface area contributed by atoms with Gasteiger partial charge in [0.15, 0.2) is 5.78 Å². The minimum Gasteiger partial charge on any atom is -0.300 e. The Morgan fingerprint density at radius 2 is 1.96 bits per heavy atom. The van der Waals surface area contributed by atoms with Gasteiger partial charge < -0.3 is 0 Å². The Balaban J connectivity index is 1.70. The van der Waals surface area contributed by atoms with E-state index in [-0.39, 0.29) is 29.0 Å². The highest BCUT2D eigenvalue weighted by molar-refractivity contribution is 5.92. The number of ketones is 2. The molecule has 3 fully saturated rings. The maximum atomic E-state index is 12.2. The molecule has 1 N–H and O–H groups in total. The number of rotatable bonds is 2. The highest BCUT2D eigenvalue weighted by atomic mass is 17.1. The molecule has 0 aromatic rings. The lowest BCUT2D eigenvalue weighted by atomic mass is 9.46. The molecule has 1 unspecified atom stereocenters. The molecule has 0 aromatic heterocycles. The summed E-state index contributed by atoms with van der Waals surface area (Å²) in [5, 5.41) is 9.53. The van der Waals surface area contributed by atoms with Crippen LogP contribution in [0.25, 0.3) is 0 Å². The fraction of sp³-hybridized carbons (Fsp3) is 0.810. The molecule has 0 spiro atoms. The first kappa shape index (κ1) is 17.4. The van der Waals surface area contributed by atoms with Crippen molar-refractivity contribution in [3.63, 3.8) is 0 Å². The monoisotopic (exact) mass is 346 g/mol. The zero-order valence-electron chi connectivity index (χ0n) is 15.6. The molecule has 0 saturated heterocycles. The first-order valence-electron chi connectivity index (χ1n) is 9.87. The van der Waals surface area contributed by atoms with Crippen LogP contribution < -0.4 is 0 Å². The van der Waals surface area contributed by atoms with E-state index in [1.807, 2.05) is 6.08 Å². The van der Waals surface area contributed by atoms with Crippen LogP contribution in [0.5, 0.6) is 0 Å². The van der Waals surface area contributed by atoms with Gasteiger partial charge in [0.25, 0.3) is 0 Å². The summed E-state index contributed by atoms with van der Waals surface area (Å²) in [6.07, 6.45) is 7.98. The van der Waals surface area contributed by atoms with Crippen molar-refractivity contribution >= 4 is 11.6 Å². The van der Waals surface area contributed by atoms with Gasteiger partial charge in [-0.15, -0.1) is 0 Å². The van der Waals surface area contributed by atoms with Crippen LogP contribution in [0.2, 0.25) is 0 Å². The summed E-state index contributed by atoms with van der Waals surface area (Å²) in [5.74, 6) is 2.21. The molecule has 0 radical (unpaired) electrons. The molecule has 4 heteroatoms. The van der Waals surface area contributed by atoms with Gasteiger partial charge in [-0.05, 0) is 74.7 Å². The van der Waals surface area contributed by atoms with Crippen LogP contribution in [-0.2, 0) is 14.5 Å². The lowest BCUT2D eigenvalue weighted by Crippen LogP contribution is -2.55. The lowest BCUT2D eigenvalue weighted by molar-refractivity contribution is -0.309. The number of carbonyl (C=O) groups is 2. The van der Waals surface area contributed by atoms with E-state index < -0.39 is 6.10 Å². The van der Waals surface area contributed by atoms with Gasteiger partial charge in [-0.1, -0.05) is 19.4 Å². The predicted octanol–water partition coefficient (Wildman–Crippen LogP) is 4.19. The van der Waals surface area contributed by atoms with Gasteiger partial charge in [-0.2, -0.15) is 0 Å². The van der Waals surface area contributed by atoms with Gasteiger partial charge in [-0.25, -0.2) is 4.89 Å². The largest absolute Gasteiger partial charge is 0.300 e. The van der Waals surface area contributed by atoms with E-state index in [9.17, 15) is 14.8 Å². The molecule has 0 heterocycles. The Bertz CT molecular complexity index is 638. The summed E-state index contributed by atoms with van der Waals surface area (Å²) in [5.41, 5.74) is 1.06. The van der Waals surface area contributed by atoms with E-state index in [0.29, 0.717) is 23.5 Å². The standard InChI is InChI=1S/C21H30O4/c1-12(22)16-6-7-17-15-5-4-13-10-14(23)11-19(25-24)21(13,3)18(15)8-9-20(16,17)2/h10,15-19,24H,4-9,11H2,1-3H3/t15-,16+,17-,18-,19?,20+,21-/m0/s1. The molecular formula is C21H30O4. The van der Waals surface area contributed by atoms with Crippen LogP contribution in [0.3, 0.4) is 0 Å². The first-order valence-corrected chi connectivity index (χ1v) is 9.87. The number of carbonyl (C=O) groups excluding carboxylic acids is 2. The summed E-state index contributed by atoms with van der Waals surface area (Å²) >= 11 is 0. The lowest BCUT2D eigenvalue weighted by Gasteiger charge is -2.59. The van der Waals surface area contributed by atoms with Gasteiger partial charge in [-0.3, -0.25) is 14.8 Å². The van der Waals surface area contributed by atoms with Crippen LogP contribution in [0.15, 0.2) is 11.6 Å². The summed E-state index contributed by atoms with van der Waals surface area (Å²) in [4.78, 5) is 29.1. The maximum Gasteiger partial charge on any atom is 0.158 e.